The lowest BCUT2D eigenvalue weighted by Crippen LogP contribution is -2.12. The lowest BCUT2D eigenvalue weighted by molar-refractivity contribution is 0.0789. The van der Waals surface area contributed by atoms with Crippen molar-refractivity contribution in [3.8, 4) is 0 Å². The summed E-state index contributed by atoms with van der Waals surface area (Å²) in [6.07, 6.45) is 7.45. The van der Waals surface area contributed by atoms with Crippen LogP contribution in [0, 0.1) is 0 Å². The number of rotatable bonds is 5. The van der Waals surface area contributed by atoms with Gasteiger partial charge in [-0.15, -0.1) is 0 Å². The first-order valence-electron chi connectivity index (χ1n) is 6.50. The topological polar surface area (TPSA) is 47.3 Å². The molecule has 0 bridgehead atoms. The first kappa shape index (κ1) is 12.6. The lowest BCUT2D eigenvalue weighted by Gasteiger charge is -2.17. The van der Waals surface area contributed by atoms with E-state index in [4.69, 9.17) is 4.74 Å². The van der Waals surface area contributed by atoms with Crippen molar-refractivity contribution in [2.24, 2.45) is 0 Å². The van der Waals surface area contributed by atoms with Crippen LogP contribution in [-0.4, -0.2) is 27.4 Å². The van der Waals surface area contributed by atoms with Gasteiger partial charge in [-0.05, 0) is 39.5 Å². The van der Waals surface area contributed by atoms with Crippen molar-refractivity contribution < 1.29 is 9.84 Å². The first-order chi connectivity index (χ1) is 8.18. The minimum absolute atomic E-state index is 0.338. The fourth-order valence-electron chi connectivity index (χ4n) is 2.37. The predicted octanol–water partition coefficient (Wildman–Crippen LogP) is 2.46. The van der Waals surface area contributed by atoms with Crippen LogP contribution in [0.5, 0.6) is 0 Å². The molecular formula is C13H22N2O2. The molecular weight excluding hydrogens is 216 g/mol. The van der Waals surface area contributed by atoms with E-state index in [9.17, 15) is 5.11 Å². The van der Waals surface area contributed by atoms with Crippen LogP contribution in [0.4, 0.5) is 0 Å². The van der Waals surface area contributed by atoms with Crippen LogP contribution < -0.4 is 0 Å². The lowest BCUT2D eigenvalue weighted by atomic mass is 10.1. The quantitative estimate of drug-likeness (QED) is 0.857. The molecule has 4 nitrogen and oxygen atoms in total. The number of hydrogen-bond acceptors (Lipinski definition) is 3. The molecule has 2 heterocycles. The van der Waals surface area contributed by atoms with Crippen LogP contribution >= 0.6 is 0 Å². The average molecular weight is 238 g/mol. The fraction of sp³-hybridized carbons (Fsp3) is 0.769. The van der Waals surface area contributed by atoms with Gasteiger partial charge in [0.1, 0.15) is 0 Å². The first-order valence-corrected chi connectivity index (χ1v) is 6.50. The highest BCUT2D eigenvalue weighted by molar-refractivity contribution is 5.03. The number of imidazole rings is 1. The van der Waals surface area contributed by atoms with Crippen LogP contribution in [0.3, 0.4) is 0 Å². The van der Waals surface area contributed by atoms with Gasteiger partial charge in [0, 0.05) is 12.6 Å². The van der Waals surface area contributed by atoms with Crippen molar-refractivity contribution in [2.45, 2.75) is 57.8 Å². The monoisotopic (exact) mass is 238 g/mol. The molecule has 4 heteroatoms. The molecule has 0 radical (unpaired) electrons. The minimum Gasteiger partial charge on any atom is -0.387 e. The van der Waals surface area contributed by atoms with Crippen molar-refractivity contribution in [2.75, 3.05) is 6.61 Å². The molecule has 1 aromatic rings. The largest absolute Gasteiger partial charge is 0.387 e. The van der Waals surface area contributed by atoms with E-state index in [-0.39, 0.29) is 0 Å². The van der Waals surface area contributed by atoms with Gasteiger partial charge < -0.3 is 14.4 Å². The summed E-state index contributed by atoms with van der Waals surface area (Å²) >= 11 is 0. The average Bonchev–Trinajstić information content (AvgIpc) is 2.96. The highest BCUT2D eigenvalue weighted by atomic mass is 16.5. The van der Waals surface area contributed by atoms with Crippen LogP contribution in [0.1, 0.15) is 57.4 Å². The van der Waals surface area contributed by atoms with Gasteiger partial charge >= 0.3 is 0 Å². The zero-order chi connectivity index (χ0) is 12.3. The van der Waals surface area contributed by atoms with Gasteiger partial charge in [-0.2, -0.15) is 0 Å². The SMILES string of the molecule is CC(C)n1cncc1C(O)CCC1CCCO1. The Morgan fingerprint density at radius 2 is 2.41 bits per heavy atom. The molecule has 0 amide bonds. The van der Waals surface area contributed by atoms with Crippen molar-refractivity contribution in [3.63, 3.8) is 0 Å². The van der Waals surface area contributed by atoms with Gasteiger partial charge in [-0.3, -0.25) is 0 Å². The maximum absolute atomic E-state index is 10.2. The fourth-order valence-corrected chi connectivity index (χ4v) is 2.37. The summed E-state index contributed by atoms with van der Waals surface area (Å²) in [6, 6.07) is 0.338. The van der Waals surface area contributed by atoms with Crippen LogP contribution in [0.15, 0.2) is 12.5 Å². The summed E-state index contributed by atoms with van der Waals surface area (Å²) in [5.74, 6) is 0. The van der Waals surface area contributed by atoms with E-state index < -0.39 is 6.10 Å². The van der Waals surface area contributed by atoms with E-state index in [0.717, 1.165) is 38.0 Å². The number of aliphatic hydroxyl groups is 1. The van der Waals surface area contributed by atoms with Crippen molar-refractivity contribution in [3.05, 3.63) is 18.2 Å². The molecule has 2 unspecified atom stereocenters. The van der Waals surface area contributed by atoms with Gasteiger partial charge in [0.25, 0.3) is 0 Å². The Morgan fingerprint density at radius 1 is 1.59 bits per heavy atom. The Kier molecular flexibility index (Phi) is 4.18. The molecule has 17 heavy (non-hydrogen) atoms. The summed E-state index contributed by atoms with van der Waals surface area (Å²) < 4.78 is 7.59. The molecule has 0 saturated carbocycles. The summed E-state index contributed by atoms with van der Waals surface area (Å²) in [6.45, 7) is 5.07. The maximum Gasteiger partial charge on any atom is 0.0956 e. The van der Waals surface area contributed by atoms with Crippen molar-refractivity contribution in [1.29, 1.82) is 0 Å². The molecule has 1 aromatic heterocycles. The van der Waals surface area contributed by atoms with Gasteiger partial charge in [0.15, 0.2) is 0 Å². The maximum atomic E-state index is 10.2. The third-order valence-corrected chi connectivity index (χ3v) is 3.38. The zero-order valence-electron chi connectivity index (χ0n) is 10.7. The second kappa shape index (κ2) is 5.65. The van der Waals surface area contributed by atoms with E-state index in [1.165, 1.54) is 0 Å². The summed E-state index contributed by atoms with van der Waals surface area (Å²) in [5.41, 5.74) is 0.915. The second-order valence-corrected chi connectivity index (χ2v) is 5.05. The number of nitrogens with zero attached hydrogens (tertiary/aromatic N) is 2. The molecule has 1 aliphatic heterocycles. The molecule has 1 fully saturated rings. The van der Waals surface area contributed by atoms with Crippen LogP contribution in [0.25, 0.3) is 0 Å². The highest BCUT2D eigenvalue weighted by Gasteiger charge is 2.19. The van der Waals surface area contributed by atoms with Crippen molar-refractivity contribution >= 4 is 0 Å². The van der Waals surface area contributed by atoms with E-state index in [2.05, 4.69) is 18.8 Å². The second-order valence-electron chi connectivity index (χ2n) is 5.05. The minimum atomic E-state index is -0.427. The molecule has 1 N–H and O–H groups in total. The van der Waals surface area contributed by atoms with E-state index >= 15 is 0 Å². The third-order valence-electron chi connectivity index (χ3n) is 3.38. The Bertz CT molecular complexity index is 343. The van der Waals surface area contributed by atoms with E-state index in [1.54, 1.807) is 12.5 Å². The normalized spacial score (nSPS) is 22.2. The van der Waals surface area contributed by atoms with E-state index in [0.29, 0.717) is 12.1 Å². The molecule has 0 aliphatic carbocycles. The van der Waals surface area contributed by atoms with Gasteiger partial charge in [0.05, 0.1) is 30.4 Å². The Labute approximate surface area is 103 Å². The summed E-state index contributed by atoms with van der Waals surface area (Å²) in [4.78, 5) is 4.12. The molecule has 1 aliphatic rings. The Hall–Kier alpha value is -0.870. The summed E-state index contributed by atoms with van der Waals surface area (Å²) in [5, 5.41) is 10.2. The zero-order valence-corrected chi connectivity index (χ0v) is 10.7. The van der Waals surface area contributed by atoms with Gasteiger partial charge in [-0.1, -0.05) is 0 Å². The molecule has 0 spiro atoms. The van der Waals surface area contributed by atoms with Gasteiger partial charge in [0.2, 0.25) is 0 Å². The van der Waals surface area contributed by atoms with Crippen molar-refractivity contribution in [1.82, 2.24) is 9.55 Å². The highest BCUT2D eigenvalue weighted by Crippen LogP contribution is 2.25. The molecule has 0 aromatic carbocycles. The standard InChI is InChI=1S/C13H22N2O2/c1-10(2)15-9-14-8-12(15)13(16)6-5-11-4-3-7-17-11/h8-11,13,16H,3-7H2,1-2H3. The predicted molar refractivity (Wildman–Crippen MR) is 65.8 cm³/mol. The van der Waals surface area contributed by atoms with E-state index in [1.807, 2.05) is 4.57 Å². The number of aromatic nitrogens is 2. The number of aliphatic hydroxyl groups excluding tert-OH is 1. The molecule has 2 rings (SSSR count). The Balaban J connectivity index is 1.89. The molecule has 1 saturated heterocycles. The summed E-state index contributed by atoms with van der Waals surface area (Å²) in [7, 11) is 0. The molecule has 96 valence electrons. The smallest absolute Gasteiger partial charge is 0.0956 e. The van der Waals surface area contributed by atoms with Crippen LogP contribution in [0.2, 0.25) is 0 Å². The number of ether oxygens (including phenoxy) is 1. The number of hydrogen-bond donors (Lipinski definition) is 1. The van der Waals surface area contributed by atoms with Crippen LogP contribution in [-0.2, 0) is 4.74 Å². The van der Waals surface area contributed by atoms with Gasteiger partial charge in [-0.25, -0.2) is 4.98 Å². The Morgan fingerprint density at radius 3 is 3.06 bits per heavy atom. The third kappa shape index (κ3) is 3.07. The molecule has 2 atom stereocenters.